The van der Waals surface area contributed by atoms with Crippen molar-refractivity contribution in [1.29, 1.82) is 0 Å². The molecule has 3 rings (SSSR count). The zero-order chi connectivity index (χ0) is 13.1. The summed E-state index contributed by atoms with van der Waals surface area (Å²) in [6, 6.07) is 0. The van der Waals surface area contributed by atoms with E-state index in [1.54, 1.807) is 20.8 Å². The molecule has 0 spiro atoms. The summed E-state index contributed by atoms with van der Waals surface area (Å²) in [5.41, 5.74) is -0.581. The maximum absolute atomic E-state index is 12.2. The molecule has 0 aromatic rings. The Balaban J connectivity index is 1.75. The number of rotatable bonds is 0. The third-order valence-corrected chi connectivity index (χ3v) is 3.60. The van der Waals surface area contributed by atoms with Crippen molar-refractivity contribution in [3.05, 3.63) is 12.2 Å². The van der Waals surface area contributed by atoms with Crippen LogP contribution in [0.25, 0.3) is 0 Å². The van der Waals surface area contributed by atoms with Crippen LogP contribution in [0.1, 0.15) is 20.8 Å². The van der Waals surface area contributed by atoms with Gasteiger partial charge in [0.1, 0.15) is 5.60 Å². The van der Waals surface area contributed by atoms with Gasteiger partial charge in [-0.2, -0.15) is 0 Å². The minimum atomic E-state index is -0.581. The normalized spacial score (nSPS) is 37.3. The van der Waals surface area contributed by atoms with Crippen LogP contribution in [-0.4, -0.2) is 41.3 Å². The monoisotopic (exact) mass is 251 g/mol. The Morgan fingerprint density at radius 1 is 1.39 bits per heavy atom. The SMILES string of the molecule is CC(C)(C)OC(=O)N1CC2C3C=CC(O3)C2C1=O. The molecular weight excluding hydrogens is 234 g/mol. The van der Waals surface area contributed by atoms with E-state index >= 15 is 0 Å². The standard InChI is InChI=1S/C13H17NO4/c1-13(2,3)18-12(16)14-6-7-8-4-5-9(17-8)10(7)11(14)15/h4-5,7-10H,6H2,1-3H3. The largest absolute Gasteiger partial charge is 0.443 e. The van der Waals surface area contributed by atoms with Crippen LogP contribution in [0.4, 0.5) is 4.79 Å². The van der Waals surface area contributed by atoms with Gasteiger partial charge in [-0.15, -0.1) is 0 Å². The number of likely N-dealkylation sites (tertiary alicyclic amines) is 1. The molecule has 98 valence electrons. The van der Waals surface area contributed by atoms with Crippen LogP contribution >= 0.6 is 0 Å². The second-order valence-electron chi connectivity index (χ2n) is 6.07. The molecular formula is C13H17NO4. The molecule has 0 aromatic carbocycles. The van der Waals surface area contributed by atoms with E-state index in [9.17, 15) is 9.59 Å². The lowest BCUT2D eigenvalue weighted by atomic mass is 9.86. The molecule has 2 amide bonds. The Morgan fingerprint density at radius 2 is 2.06 bits per heavy atom. The average molecular weight is 251 g/mol. The summed E-state index contributed by atoms with van der Waals surface area (Å²) in [6.07, 6.45) is 3.19. The number of imide groups is 1. The number of amides is 2. The Labute approximate surface area is 106 Å². The predicted octanol–water partition coefficient (Wildman–Crippen LogP) is 1.33. The molecule has 0 aromatic heterocycles. The van der Waals surface area contributed by atoms with E-state index in [2.05, 4.69) is 0 Å². The van der Waals surface area contributed by atoms with Crippen molar-refractivity contribution < 1.29 is 19.1 Å². The third-order valence-electron chi connectivity index (χ3n) is 3.60. The molecule has 3 aliphatic rings. The molecule has 0 radical (unpaired) electrons. The molecule has 5 heteroatoms. The summed E-state index contributed by atoms with van der Waals surface area (Å²) in [6.45, 7) is 5.78. The summed E-state index contributed by atoms with van der Waals surface area (Å²) in [7, 11) is 0. The summed E-state index contributed by atoms with van der Waals surface area (Å²) in [5.74, 6) is -0.265. The van der Waals surface area contributed by atoms with Crippen molar-refractivity contribution in [2.24, 2.45) is 11.8 Å². The van der Waals surface area contributed by atoms with Crippen molar-refractivity contribution in [3.63, 3.8) is 0 Å². The number of nitrogens with zero attached hydrogens (tertiary/aromatic N) is 1. The van der Waals surface area contributed by atoms with Crippen molar-refractivity contribution in [2.45, 2.75) is 38.6 Å². The molecule has 3 heterocycles. The van der Waals surface area contributed by atoms with Gasteiger partial charge >= 0.3 is 6.09 Å². The van der Waals surface area contributed by atoms with E-state index in [4.69, 9.17) is 9.47 Å². The predicted molar refractivity (Wildman–Crippen MR) is 62.7 cm³/mol. The van der Waals surface area contributed by atoms with Gasteiger partial charge < -0.3 is 9.47 Å². The van der Waals surface area contributed by atoms with E-state index < -0.39 is 11.7 Å². The van der Waals surface area contributed by atoms with Gasteiger partial charge in [-0.1, -0.05) is 12.2 Å². The van der Waals surface area contributed by atoms with Gasteiger partial charge in [-0.3, -0.25) is 4.79 Å². The first-order valence-corrected chi connectivity index (χ1v) is 6.25. The van der Waals surface area contributed by atoms with Gasteiger partial charge in [-0.05, 0) is 20.8 Å². The van der Waals surface area contributed by atoms with Crippen molar-refractivity contribution in [2.75, 3.05) is 6.54 Å². The number of carbonyl (C=O) groups excluding carboxylic acids is 2. The van der Waals surface area contributed by atoms with Crippen molar-refractivity contribution in [1.82, 2.24) is 4.90 Å². The summed E-state index contributed by atoms with van der Waals surface area (Å²) >= 11 is 0. The Bertz CT molecular complexity index is 437. The van der Waals surface area contributed by atoms with Crippen LogP contribution in [0.5, 0.6) is 0 Å². The number of hydrogen-bond donors (Lipinski definition) is 0. The second kappa shape index (κ2) is 3.57. The van der Waals surface area contributed by atoms with Crippen LogP contribution in [0.15, 0.2) is 12.2 Å². The summed E-state index contributed by atoms with van der Waals surface area (Å²) in [4.78, 5) is 25.4. The topological polar surface area (TPSA) is 55.8 Å². The molecule has 5 nitrogen and oxygen atoms in total. The molecule has 4 atom stereocenters. The number of hydrogen-bond acceptors (Lipinski definition) is 4. The maximum Gasteiger partial charge on any atom is 0.417 e. The minimum Gasteiger partial charge on any atom is -0.443 e. The van der Waals surface area contributed by atoms with Gasteiger partial charge in [0.15, 0.2) is 0 Å². The first-order valence-electron chi connectivity index (χ1n) is 6.25. The van der Waals surface area contributed by atoms with Crippen LogP contribution in [0, 0.1) is 11.8 Å². The van der Waals surface area contributed by atoms with Crippen molar-refractivity contribution >= 4 is 12.0 Å². The highest BCUT2D eigenvalue weighted by Crippen LogP contribution is 2.44. The van der Waals surface area contributed by atoms with Crippen molar-refractivity contribution in [3.8, 4) is 0 Å². The molecule has 0 aliphatic carbocycles. The van der Waals surface area contributed by atoms with Gasteiger partial charge in [0.05, 0.1) is 18.1 Å². The van der Waals surface area contributed by atoms with Gasteiger partial charge in [-0.25, -0.2) is 9.69 Å². The van der Waals surface area contributed by atoms with Gasteiger partial charge in [0, 0.05) is 12.5 Å². The van der Waals surface area contributed by atoms with Crippen LogP contribution in [0.3, 0.4) is 0 Å². The first kappa shape index (κ1) is 11.7. The quantitative estimate of drug-likeness (QED) is 0.609. The molecule has 2 bridgehead atoms. The summed E-state index contributed by atoms with van der Waals surface area (Å²) in [5, 5.41) is 0. The Hall–Kier alpha value is -1.36. The lowest BCUT2D eigenvalue weighted by molar-refractivity contribution is -0.131. The lowest BCUT2D eigenvalue weighted by Crippen LogP contribution is -2.40. The number of ether oxygens (including phenoxy) is 2. The smallest absolute Gasteiger partial charge is 0.417 e. The van der Waals surface area contributed by atoms with E-state index in [1.807, 2.05) is 12.2 Å². The Kier molecular flexibility index (Phi) is 2.32. The zero-order valence-corrected chi connectivity index (χ0v) is 10.8. The van der Waals surface area contributed by atoms with Crippen LogP contribution in [0.2, 0.25) is 0 Å². The highest BCUT2D eigenvalue weighted by molar-refractivity contribution is 5.96. The minimum absolute atomic E-state index is 0.0172. The zero-order valence-electron chi connectivity index (χ0n) is 10.8. The first-order chi connectivity index (χ1) is 8.37. The fraction of sp³-hybridized carbons (Fsp3) is 0.692. The average Bonchev–Trinajstić information content (AvgIpc) is 2.87. The number of fused-ring (bicyclic) bond motifs is 5. The third kappa shape index (κ3) is 1.65. The second-order valence-corrected chi connectivity index (χ2v) is 6.07. The summed E-state index contributed by atoms with van der Waals surface area (Å²) < 4.78 is 10.9. The molecule has 18 heavy (non-hydrogen) atoms. The molecule has 0 saturated carbocycles. The van der Waals surface area contributed by atoms with E-state index in [-0.39, 0.29) is 30.0 Å². The Morgan fingerprint density at radius 3 is 2.67 bits per heavy atom. The maximum atomic E-state index is 12.2. The van der Waals surface area contributed by atoms with E-state index in [0.29, 0.717) is 6.54 Å². The van der Waals surface area contributed by atoms with Gasteiger partial charge in [0.25, 0.3) is 0 Å². The molecule has 2 fully saturated rings. The number of carbonyl (C=O) groups is 2. The molecule has 0 N–H and O–H groups in total. The molecule has 4 unspecified atom stereocenters. The fourth-order valence-electron chi connectivity index (χ4n) is 2.89. The highest BCUT2D eigenvalue weighted by Gasteiger charge is 2.57. The van der Waals surface area contributed by atoms with Gasteiger partial charge in [0.2, 0.25) is 5.91 Å². The van der Waals surface area contributed by atoms with E-state index in [0.717, 1.165) is 0 Å². The lowest BCUT2D eigenvalue weighted by Gasteiger charge is -2.24. The highest BCUT2D eigenvalue weighted by atomic mass is 16.6. The fourth-order valence-corrected chi connectivity index (χ4v) is 2.89. The molecule has 2 saturated heterocycles. The molecule has 3 aliphatic heterocycles. The van der Waals surface area contributed by atoms with E-state index in [1.165, 1.54) is 4.90 Å². The van der Waals surface area contributed by atoms with Crippen LogP contribution in [-0.2, 0) is 14.3 Å². The van der Waals surface area contributed by atoms with Crippen LogP contribution < -0.4 is 0 Å².